The molecule has 22 heavy (non-hydrogen) atoms. The van der Waals surface area contributed by atoms with E-state index in [1.54, 1.807) is 0 Å². The minimum absolute atomic E-state index is 0.219. The number of rotatable bonds is 3. The van der Waals surface area contributed by atoms with Crippen molar-refractivity contribution < 1.29 is 4.79 Å². The number of carbonyl (C=O) groups excluding carboxylic acids is 1. The molecule has 120 valence electrons. The molecule has 1 atom stereocenters. The molecule has 3 nitrogen and oxygen atoms in total. The lowest BCUT2D eigenvalue weighted by molar-refractivity contribution is -0.140. The van der Waals surface area contributed by atoms with Crippen LogP contribution in [0.1, 0.15) is 50.5 Å². The van der Waals surface area contributed by atoms with Crippen molar-refractivity contribution >= 4 is 5.91 Å². The molecule has 2 fully saturated rings. The fourth-order valence-corrected chi connectivity index (χ4v) is 3.99. The van der Waals surface area contributed by atoms with Crippen molar-refractivity contribution in [1.82, 2.24) is 4.90 Å². The van der Waals surface area contributed by atoms with E-state index in [9.17, 15) is 4.79 Å². The number of piperidine rings is 1. The summed E-state index contributed by atoms with van der Waals surface area (Å²) in [5.41, 5.74) is 7.33. The van der Waals surface area contributed by atoms with E-state index in [0.29, 0.717) is 18.0 Å². The summed E-state index contributed by atoms with van der Waals surface area (Å²) in [4.78, 5) is 15.1. The third-order valence-corrected chi connectivity index (χ3v) is 5.35. The number of nitrogens with zero attached hydrogens (tertiary/aromatic N) is 1. The van der Waals surface area contributed by atoms with Gasteiger partial charge in [0.2, 0.25) is 5.91 Å². The number of carbonyl (C=O) groups is 1. The molecule has 1 aliphatic heterocycles. The maximum Gasteiger partial charge on any atom is 0.225 e. The highest BCUT2D eigenvalue weighted by Gasteiger charge is 2.33. The molecule has 1 heterocycles. The summed E-state index contributed by atoms with van der Waals surface area (Å²) in [6, 6.07) is 11.3. The minimum Gasteiger partial charge on any atom is -0.339 e. The lowest BCUT2D eigenvalue weighted by atomic mass is 9.84. The van der Waals surface area contributed by atoms with Gasteiger partial charge in [0.05, 0.1) is 0 Å². The molecule has 2 aliphatic rings. The molecule has 0 radical (unpaired) electrons. The first-order valence-corrected chi connectivity index (χ1v) is 8.84. The van der Waals surface area contributed by atoms with Gasteiger partial charge < -0.3 is 10.6 Å². The van der Waals surface area contributed by atoms with Crippen LogP contribution in [-0.4, -0.2) is 29.4 Å². The van der Waals surface area contributed by atoms with E-state index in [0.717, 1.165) is 51.5 Å². The largest absolute Gasteiger partial charge is 0.339 e. The lowest BCUT2D eigenvalue weighted by Crippen LogP contribution is -2.48. The van der Waals surface area contributed by atoms with E-state index in [1.165, 1.54) is 12.0 Å². The highest BCUT2D eigenvalue weighted by Crippen LogP contribution is 2.29. The third kappa shape index (κ3) is 3.70. The number of amides is 1. The maximum atomic E-state index is 12.9. The van der Waals surface area contributed by atoms with Crippen molar-refractivity contribution in [3.63, 3.8) is 0 Å². The van der Waals surface area contributed by atoms with Crippen molar-refractivity contribution in [1.29, 1.82) is 0 Å². The third-order valence-electron chi connectivity index (χ3n) is 5.35. The lowest BCUT2D eigenvalue weighted by Gasteiger charge is -2.39. The maximum absolute atomic E-state index is 12.9. The van der Waals surface area contributed by atoms with Crippen molar-refractivity contribution in [3.8, 4) is 0 Å². The van der Waals surface area contributed by atoms with Crippen LogP contribution in [0.2, 0.25) is 0 Å². The highest BCUT2D eigenvalue weighted by atomic mass is 16.2. The fourth-order valence-electron chi connectivity index (χ4n) is 3.99. The van der Waals surface area contributed by atoms with Crippen molar-refractivity contribution in [3.05, 3.63) is 35.9 Å². The van der Waals surface area contributed by atoms with Gasteiger partial charge in [-0.15, -0.1) is 0 Å². The summed E-state index contributed by atoms with van der Waals surface area (Å²) < 4.78 is 0. The number of hydrogen-bond acceptors (Lipinski definition) is 2. The molecular formula is C19H28N2O. The first kappa shape index (κ1) is 15.5. The van der Waals surface area contributed by atoms with E-state index in [4.69, 9.17) is 5.73 Å². The molecule has 0 unspecified atom stereocenters. The van der Waals surface area contributed by atoms with Gasteiger partial charge in [0.15, 0.2) is 0 Å². The van der Waals surface area contributed by atoms with E-state index < -0.39 is 0 Å². The number of benzene rings is 1. The monoisotopic (exact) mass is 300 g/mol. The van der Waals surface area contributed by atoms with E-state index >= 15 is 0 Å². The van der Waals surface area contributed by atoms with Gasteiger partial charge in [-0.05, 0) is 56.9 Å². The van der Waals surface area contributed by atoms with Gasteiger partial charge in [-0.3, -0.25) is 4.79 Å². The normalized spacial score (nSPS) is 29.3. The molecule has 1 amide bonds. The first-order chi connectivity index (χ1) is 10.7. The molecule has 1 saturated heterocycles. The predicted molar refractivity (Wildman–Crippen MR) is 89.4 cm³/mol. The second kappa shape index (κ2) is 7.28. The molecule has 0 aromatic heterocycles. The molecule has 3 heteroatoms. The summed E-state index contributed by atoms with van der Waals surface area (Å²) >= 11 is 0. The zero-order valence-corrected chi connectivity index (χ0v) is 13.4. The van der Waals surface area contributed by atoms with Gasteiger partial charge in [0.25, 0.3) is 0 Å². The van der Waals surface area contributed by atoms with E-state index in [-0.39, 0.29) is 5.92 Å². The van der Waals surface area contributed by atoms with Crippen molar-refractivity contribution in [2.75, 3.05) is 6.54 Å². The molecule has 0 bridgehead atoms. The Labute approximate surface area is 133 Å². The smallest absolute Gasteiger partial charge is 0.225 e. The fraction of sp³-hybridized carbons (Fsp3) is 0.632. The van der Waals surface area contributed by atoms with Gasteiger partial charge in [0, 0.05) is 24.5 Å². The van der Waals surface area contributed by atoms with Gasteiger partial charge in [-0.25, -0.2) is 0 Å². The van der Waals surface area contributed by atoms with Crippen LogP contribution in [0.5, 0.6) is 0 Å². The van der Waals surface area contributed by atoms with E-state index in [2.05, 4.69) is 35.2 Å². The molecule has 1 aromatic rings. The number of hydrogen-bond donors (Lipinski definition) is 1. The Hall–Kier alpha value is -1.35. The van der Waals surface area contributed by atoms with Crippen molar-refractivity contribution in [2.45, 2.75) is 63.5 Å². The standard InChI is InChI=1S/C19H28N2O/c20-17-11-9-16(10-12-17)19(22)21-13-5-4-8-18(21)14-15-6-2-1-3-7-15/h1-3,6-7,16-18H,4-5,8-14,20H2/t16?,17?,18-/m0/s1. The summed E-state index contributed by atoms with van der Waals surface area (Å²) in [5.74, 6) is 0.615. The molecule has 1 saturated carbocycles. The SMILES string of the molecule is NC1CCC(C(=O)N2CCCC[C@H]2Cc2ccccc2)CC1. The van der Waals surface area contributed by atoms with Crippen LogP contribution in [0.15, 0.2) is 30.3 Å². The average Bonchev–Trinajstić information content (AvgIpc) is 2.56. The zero-order chi connectivity index (χ0) is 15.4. The molecular weight excluding hydrogens is 272 g/mol. The van der Waals surface area contributed by atoms with Crippen LogP contribution in [0.4, 0.5) is 0 Å². The molecule has 0 spiro atoms. The van der Waals surface area contributed by atoms with Crippen LogP contribution in [-0.2, 0) is 11.2 Å². The summed E-state index contributed by atoms with van der Waals surface area (Å²) in [6.45, 7) is 0.943. The van der Waals surface area contributed by atoms with Gasteiger partial charge in [0.1, 0.15) is 0 Å². The predicted octanol–water partition coefficient (Wildman–Crippen LogP) is 3.13. The molecule has 1 aromatic carbocycles. The average molecular weight is 300 g/mol. The Bertz CT molecular complexity index is 479. The first-order valence-electron chi connectivity index (χ1n) is 8.84. The Morgan fingerprint density at radius 1 is 1.05 bits per heavy atom. The van der Waals surface area contributed by atoms with Gasteiger partial charge >= 0.3 is 0 Å². The molecule has 3 rings (SSSR count). The zero-order valence-electron chi connectivity index (χ0n) is 13.4. The van der Waals surface area contributed by atoms with Crippen LogP contribution in [0.25, 0.3) is 0 Å². The number of likely N-dealkylation sites (tertiary alicyclic amines) is 1. The second-order valence-corrected chi connectivity index (χ2v) is 6.98. The van der Waals surface area contributed by atoms with Gasteiger partial charge in [-0.2, -0.15) is 0 Å². The molecule has 2 N–H and O–H groups in total. The van der Waals surface area contributed by atoms with Crippen LogP contribution in [0.3, 0.4) is 0 Å². The van der Waals surface area contributed by atoms with Crippen LogP contribution < -0.4 is 5.73 Å². The highest BCUT2D eigenvalue weighted by molar-refractivity contribution is 5.79. The molecule has 1 aliphatic carbocycles. The Kier molecular flexibility index (Phi) is 5.14. The van der Waals surface area contributed by atoms with Crippen LogP contribution in [0, 0.1) is 5.92 Å². The van der Waals surface area contributed by atoms with Gasteiger partial charge in [-0.1, -0.05) is 30.3 Å². The van der Waals surface area contributed by atoms with Crippen molar-refractivity contribution in [2.24, 2.45) is 11.7 Å². The summed E-state index contributed by atoms with van der Waals surface area (Å²) in [6.07, 6.45) is 8.52. The Balaban J connectivity index is 1.65. The summed E-state index contributed by atoms with van der Waals surface area (Å²) in [5, 5.41) is 0. The minimum atomic E-state index is 0.219. The second-order valence-electron chi connectivity index (χ2n) is 6.98. The quantitative estimate of drug-likeness (QED) is 0.932. The topological polar surface area (TPSA) is 46.3 Å². The number of nitrogens with two attached hydrogens (primary N) is 1. The summed E-state index contributed by atoms with van der Waals surface area (Å²) in [7, 11) is 0. The van der Waals surface area contributed by atoms with Crippen LogP contribution >= 0.6 is 0 Å². The Morgan fingerprint density at radius 3 is 2.50 bits per heavy atom. The van der Waals surface area contributed by atoms with E-state index in [1.807, 2.05) is 0 Å². The Morgan fingerprint density at radius 2 is 1.77 bits per heavy atom.